The van der Waals surface area contributed by atoms with Gasteiger partial charge in [0, 0.05) is 19.3 Å². The lowest BCUT2D eigenvalue weighted by atomic mass is 10.0. The summed E-state index contributed by atoms with van der Waals surface area (Å²) >= 11 is 0. The van der Waals surface area contributed by atoms with Gasteiger partial charge in [0.15, 0.2) is 6.10 Å². The minimum Gasteiger partial charge on any atom is -0.462 e. The Morgan fingerprint density at radius 3 is 0.685 bits per heavy atom. The minimum absolute atomic E-state index is 0.0628. The molecule has 0 saturated carbocycles. The van der Waals surface area contributed by atoms with E-state index in [-0.39, 0.29) is 31.1 Å². The normalized spacial score (nSPS) is 12.0. The van der Waals surface area contributed by atoms with E-state index >= 15 is 0 Å². The molecule has 432 valence electrons. The monoisotopic (exact) mass is 1030 g/mol. The molecule has 0 bridgehead atoms. The molecule has 0 aromatic rings. The number of ether oxygens (including phenoxy) is 3. The van der Waals surface area contributed by atoms with Gasteiger partial charge in [-0.15, -0.1) is 0 Å². The van der Waals surface area contributed by atoms with Crippen LogP contribution in [0.2, 0.25) is 0 Å². The van der Waals surface area contributed by atoms with Gasteiger partial charge in [-0.05, 0) is 44.9 Å². The molecule has 0 saturated heterocycles. The third-order valence-electron chi connectivity index (χ3n) is 15.3. The summed E-state index contributed by atoms with van der Waals surface area (Å²) in [5.41, 5.74) is 0. The van der Waals surface area contributed by atoms with Crippen molar-refractivity contribution in [2.75, 3.05) is 13.2 Å². The van der Waals surface area contributed by atoms with Crippen LogP contribution < -0.4 is 0 Å². The standard InChI is InChI=1S/C67H128O6/c1-4-7-10-13-16-19-22-25-28-30-31-32-33-34-35-36-37-38-40-42-45-48-51-54-57-60-66(69)72-63-64(62-71-65(68)59-56-53-50-47-44-41-27-24-21-18-15-12-9-6-3)73-67(70)61-58-55-52-49-46-43-39-29-26-23-20-17-14-11-8-5-2/h30-31,64H,4-29,32-63H2,1-3H3/b31-30-. The van der Waals surface area contributed by atoms with Gasteiger partial charge in [0.25, 0.3) is 0 Å². The highest BCUT2D eigenvalue weighted by Gasteiger charge is 2.19. The third kappa shape index (κ3) is 60.9. The molecule has 6 nitrogen and oxygen atoms in total. The summed E-state index contributed by atoms with van der Waals surface area (Å²) in [7, 11) is 0. The summed E-state index contributed by atoms with van der Waals surface area (Å²) in [5.74, 6) is -0.830. The van der Waals surface area contributed by atoms with Crippen molar-refractivity contribution in [3.63, 3.8) is 0 Å². The van der Waals surface area contributed by atoms with Gasteiger partial charge in [0.2, 0.25) is 0 Å². The van der Waals surface area contributed by atoms with Crippen molar-refractivity contribution in [3.8, 4) is 0 Å². The molecule has 1 unspecified atom stereocenters. The molecule has 0 aliphatic heterocycles. The van der Waals surface area contributed by atoms with Crippen molar-refractivity contribution in [3.05, 3.63) is 12.2 Å². The molecular formula is C67H128O6. The van der Waals surface area contributed by atoms with Crippen molar-refractivity contribution >= 4 is 17.9 Å². The number of esters is 3. The molecule has 0 aromatic heterocycles. The number of hydrogen-bond acceptors (Lipinski definition) is 6. The van der Waals surface area contributed by atoms with Crippen LogP contribution in [0, 0.1) is 0 Å². The van der Waals surface area contributed by atoms with Crippen LogP contribution in [0.3, 0.4) is 0 Å². The molecule has 0 rings (SSSR count). The lowest BCUT2D eigenvalue weighted by Crippen LogP contribution is -2.30. The molecule has 0 heterocycles. The van der Waals surface area contributed by atoms with Crippen LogP contribution >= 0.6 is 0 Å². The summed E-state index contributed by atoms with van der Waals surface area (Å²) < 4.78 is 17.0. The van der Waals surface area contributed by atoms with E-state index in [1.807, 2.05) is 0 Å². The highest BCUT2D eigenvalue weighted by atomic mass is 16.6. The summed E-state index contributed by atoms with van der Waals surface area (Å²) in [5, 5.41) is 0. The Balaban J connectivity index is 4.21. The van der Waals surface area contributed by atoms with E-state index in [2.05, 4.69) is 32.9 Å². The second-order valence-electron chi connectivity index (χ2n) is 22.7. The first-order chi connectivity index (χ1) is 36.0. The van der Waals surface area contributed by atoms with Crippen LogP contribution in [0.5, 0.6) is 0 Å². The first-order valence-corrected chi connectivity index (χ1v) is 33.2. The summed E-state index contributed by atoms with van der Waals surface area (Å²) in [6.07, 6.45) is 73.7. The van der Waals surface area contributed by atoms with Crippen molar-refractivity contribution < 1.29 is 28.6 Å². The average Bonchev–Trinajstić information content (AvgIpc) is 3.39. The van der Waals surface area contributed by atoms with E-state index in [0.717, 1.165) is 57.8 Å². The van der Waals surface area contributed by atoms with Gasteiger partial charge in [-0.2, -0.15) is 0 Å². The van der Waals surface area contributed by atoms with Crippen LogP contribution in [-0.4, -0.2) is 37.2 Å². The number of carbonyl (C=O) groups is 3. The first kappa shape index (κ1) is 71.2. The van der Waals surface area contributed by atoms with Crippen molar-refractivity contribution in [2.45, 2.75) is 386 Å². The zero-order valence-electron chi connectivity index (χ0n) is 49.7. The first-order valence-electron chi connectivity index (χ1n) is 33.2. The zero-order chi connectivity index (χ0) is 52.9. The highest BCUT2D eigenvalue weighted by Crippen LogP contribution is 2.18. The van der Waals surface area contributed by atoms with Crippen molar-refractivity contribution in [2.24, 2.45) is 0 Å². The smallest absolute Gasteiger partial charge is 0.306 e. The predicted molar refractivity (Wildman–Crippen MR) is 317 cm³/mol. The van der Waals surface area contributed by atoms with Crippen LogP contribution in [0.1, 0.15) is 380 Å². The van der Waals surface area contributed by atoms with Gasteiger partial charge in [-0.3, -0.25) is 14.4 Å². The quantitative estimate of drug-likeness (QED) is 0.0261. The Morgan fingerprint density at radius 1 is 0.260 bits per heavy atom. The third-order valence-corrected chi connectivity index (χ3v) is 15.3. The van der Waals surface area contributed by atoms with Gasteiger partial charge >= 0.3 is 17.9 Å². The van der Waals surface area contributed by atoms with E-state index in [1.165, 1.54) is 283 Å². The Labute approximate surface area is 456 Å². The molecular weight excluding hydrogens is 901 g/mol. The maximum atomic E-state index is 12.9. The van der Waals surface area contributed by atoms with Gasteiger partial charge < -0.3 is 14.2 Å². The van der Waals surface area contributed by atoms with Crippen molar-refractivity contribution in [1.82, 2.24) is 0 Å². The van der Waals surface area contributed by atoms with Crippen LogP contribution in [0.25, 0.3) is 0 Å². The number of unbranched alkanes of at least 4 members (excludes halogenated alkanes) is 49. The topological polar surface area (TPSA) is 78.9 Å². The number of rotatable bonds is 62. The van der Waals surface area contributed by atoms with Crippen LogP contribution in [0.4, 0.5) is 0 Å². The molecule has 0 aromatic carbocycles. The molecule has 1 atom stereocenters. The van der Waals surface area contributed by atoms with Gasteiger partial charge in [0.1, 0.15) is 13.2 Å². The number of allylic oxidation sites excluding steroid dienone is 2. The molecule has 0 spiro atoms. The molecule has 6 heteroatoms. The lowest BCUT2D eigenvalue weighted by molar-refractivity contribution is -0.167. The Bertz CT molecular complexity index is 1130. The Morgan fingerprint density at radius 2 is 0.452 bits per heavy atom. The molecule has 73 heavy (non-hydrogen) atoms. The van der Waals surface area contributed by atoms with E-state index in [0.29, 0.717) is 19.3 Å². The lowest BCUT2D eigenvalue weighted by Gasteiger charge is -2.18. The number of hydrogen-bond donors (Lipinski definition) is 0. The fourth-order valence-electron chi connectivity index (χ4n) is 10.3. The summed E-state index contributed by atoms with van der Waals surface area (Å²) in [4.78, 5) is 38.3. The second kappa shape index (κ2) is 62.7. The van der Waals surface area contributed by atoms with Gasteiger partial charge in [0.05, 0.1) is 0 Å². The molecule has 0 amide bonds. The SMILES string of the molecule is CCCCCCCCCC/C=C\CCCCCCCCCCCCCCCC(=O)OCC(COC(=O)CCCCCCCCCCCCCCCC)OC(=O)CCCCCCCCCCCCCCCCCC. The molecule has 0 radical (unpaired) electrons. The highest BCUT2D eigenvalue weighted by molar-refractivity contribution is 5.71. The minimum atomic E-state index is -0.765. The zero-order valence-corrected chi connectivity index (χ0v) is 49.7. The molecule has 0 aliphatic rings. The molecule has 0 fully saturated rings. The summed E-state index contributed by atoms with van der Waals surface area (Å²) in [6.45, 7) is 6.72. The Kier molecular flexibility index (Phi) is 61.1. The summed E-state index contributed by atoms with van der Waals surface area (Å²) in [6, 6.07) is 0. The fraction of sp³-hybridized carbons (Fsp3) is 0.925. The largest absolute Gasteiger partial charge is 0.462 e. The average molecular weight is 1030 g/mol. The van der Waals surface area contributed by atoms with Crippen molar-refractivity contribution in [1.29, 1.82) is 0 Å². The van der Waals surface area contributed by atoms with E-state index < -0.39 is 6.10 Å². The second-order valence-corrected chi connectivity index (χ2v) is 22.7. The van der Waals surface area contributed by atoms with E-state index in [1.54, 1.807) is 0 Å². The van der Waals surface area contributed by atoms with E-state index in [4.69, 9.17) is 14.2 Å². The predicted octanol–water partition coefficient (Wildman–Crippen LogP) is 22.4. The van der Waals surface area contributed by atoms with Crippen LogP contribution in [-0.2, 0) is 28.6 Å². The van der Waals surface area contributed by atoms with Crippen LogP contribution in [0.15, 0.2) is 12.2 Å². The number of carbonyl (C=O) groups excluding carboxylic acids is 3. The van der Waals surface area contributed by atoms with Gasteiger partial charge in [-0.25, -0.2) is 0 Å². The molecule has 0 aliphatic carbocycles. The Hall–Kier alpha value is -1.85. The van der Waals surface area contributed by atoms with Gasteiger partial charge in [-0.1, -0.05) is 328 Å². The fourth-order valence-corrected chi connectivity index (χ4v) is 10.3. The molecule has 0 N–H and O–H groups in total. The maximum absolute atomic E-state index is 12.9. The maximum Gasteiger partial charge on any atom is 0.306 e. The van der Waals surface area contributed by atoms with E-state index in [9.17, 15) is 14.4 Å².